The van der Waals surface area contributed by atoms with Crippen LogP contribution in [0.1, 0.15) is 16.1 Å². The molecule has 3 aromatic carbocycles. The number of hydrogen-bond donors (Lipinski definition) is 1. The second kappa shape index (κ2) is 7.71. The second-order valence-corrected chi connectivity index (χ2v) is 6.76. The van der Waals surface area contributed by atoms with Crippen molar-refractivity contribution in [1.29, 1.82) is 0 Å². The molecule has 0 aliphatic rings. The molecule has 0 fully saturated rings. The number of hydrogen-bond acceptors (Lipinski definition) is 2. The van der Waals surface area contributed by atoms with Crippen LogP contribution in [0.5, 0.6) is 0 Å². The summed E-state index contributed by atoms with van der Waals surface area (Å²) >= 11 is 6.43. The third-order valence-corrected chi connectivity index (χ3v) is 4.84. The summed E-state index contributed by atoms with van der Waals surface area (Å²) in [4.78, 5) is 16.5. The maximum atomic E-state index is 12.0. The predicted octanol–water partition coefficient (Wildman–Crippen LogP) is 5.62. The van der Waals surface area contributed by atoms with E-state index in [1.165, 1.54) is 0 Å². The molecule has 1 heterocycles. The van der Waals surface area contributed by atoms with Crippen molar-refractivity contribution in [3.05, 3.63) is 101 Å². The van der Waals surface area contributed by atoms with E-state index in [0.29, 0.717) is 28.6 Å². The van der Waals surface area contributed by atoms with E-state index >= 15 is 0 Å². The minimum Gasteiger partial charge on any atom is -0.476 e. The van der Waals surface area contributed by atoms with E-state index in [9.17, 15) is 9.90 Å². The standard InChI is InChI=1S/C23H17ClN2O2/c24-19-14-8-7-13-18(19)21-20(23(27)28)25-22(17-11-5-2-6-12-17)26(21)15-16-9-3-1-4-10-16/h1-14H,15H2,(H,27,28). The quantitative estimate of drug-likeness (QED) is 0.483. The Morgan fingerprint density at radius 3 is 2.14 bits per heavy atom. The summed E-state index contributed by atoms with van der Waals surface area (Å²) in [5.74, 6) is -0.490. The summed E-state index contributed by atoms with van der Waals surface area (Å²) < 4.78 is 1.93. The number of carboxylic acids is 1. The van der Waals surface area contributed by atoms with Gasteiger partial charge in [-0.25, -0.2) is 9.78 Å². The minimum absolute atomic E-state index is 0.0112. The lowest BCUT2D eigenvalue weighted by molar-refractivity contribution is 0.0692. The van der Waals surface area contributed by atoms with Gasteiger partial charge in [0.05, 0.1) is 5.69 Å². The molecule has 0 spiro atoms. The fraction of sp³-hybridized carbons (Fsp3) is 0.0435. The molecule has 1 aromatic heterocycles. The summed E-state index contributed by atoms with van der Waals surface area (Å²) in [7, 11) is 0. The fourth-order valence-corrected chi connectivity index (χ4v) is 3.48. The van der Waals surface area contributed by atoms with Crippen LogP contribution in [0.3, 0.4) is 0 Å². The molecule has 0 aliphatic carbocycles. The SMILES string of the molecule is O=C(O)c1nc(-c2ccccc2)n(Cc2ccccc2)c1-c1ccccc1Cl. The van der Waals surface area contributed by atoms with Crippen LogP contribution in [-0.4, -0.2) is 20.6 Å². The molecule has 0 saturated carbocycles. The van der Waals surface area contributed by atoms with E-state index in [-0.39, 0.29) is 5.69 Å². The topological polar surface area (TPSA) is 55.1 Å². The van der Waals surface area contributed by atoms with Crippen molar-refractivity contribution in [1.82, 2.24) is 9.55 Å². The highest BCUT2D eigenvalue weighted by Gasteiger charge is 2.25. The Balaban J connectivity index is 2.01. The van der Waals surface area contributed by atoms with Gasteiger partial charge in [0, 0.05) is 22.7 Å². The van der Waals surface area contributed by atoms with Gasteiger partial charge < -0.3 is 9.67 Å². The lowest BCUT2D eigenvalue weighted by Crippen LogP contribution is -2.06. The molecule has 138 valence electrons. The second-order valence-electron chi connectivity index (χ2n) is 6.36. The van der Waals surface area contributed by atoms with Crippen molar-refractivity contribution in [2.45, 2.75) is 6.54 Å². The van der Waals surface area contributed by atoms with Crippen molar-refractivity contribution < 1.29 is 9.90 Å². The van der Waals surface area contributed by atoms with Crippen LogP contribution < -0.4 is 0 Å². The molecule has 0 aliphatic heterocycles. The van der Waals surface area contributed by atoms with Gasteiger partial charge in [-0.05, 0) is 11.6 Å². The molecule has 4 aromatic rings. The van der Waals surface area contributed by atoms with Crippen molar-refractivity contribution in [2.75, 3.05) is 0 Å². The molecular weight excluding hydrogens is 372 g/mol. The molecule has 0 atom stereocenters. The van der Waals surface area contributed by atoms with Crippen LogP contribution in [0.4, 0.5) is 0 Å². The van der Waals surface area contributed by atoms with Crippen LogP contribution >= 0.6 is 11.6 Å². The molecule has 4 rings (SSSR count). The lowest BCUT2D eigenvalue weighted by atomic mass is 10.1. The van der Waals surface area contributed by atoms with Crippen LogP contribution in [0.25, 0.3) is 22.6 Å². The van der Waals surface area contributed by atoms with E-state index in [1.54, 1.807) is 6.07 Å². The van der Waals surface area contributed by atoms with Crippen LogP contribution in [-0.2, 0) is 6.54 Å². The summed E-state index contributed by atoms with van der Waals surface area (Å²) in [6.45, 7) is 0.478. The maximum Gasteiger partial charge on any atom is 0.356 e. The first-order valence-corrected chi connectivity index (χ1v) is 9.21. The van der Waals surface area contributed by atoms with Gasteiger partial charge in [-0.15, -0.1) is 0 Å². The Labute approximate surface area is 167 Å². The monoisotopic (exact) mass is 388 g/mol. The molecule has 28 heavy (non-hydrogen) atoms. The van der Waals surface area contributed by atoms with Crippen molar-refractivity contribution in [3.8, 4) is 22.6 Å². The van der Waals surface area contributed by atoms with Gasteiger partial charge in [-0.2, -0.15) is 0 Å². The van der Waals surface area contributed by atoms with Crippen LogP contribution in [0.15, 0.2) is 84.9 Å². The molecule has 1 N–H and O–H groups in total. The van der Waals surface area contributed by atoms with Crippen molar-refractivity contribution in [3.63, 3.8) is 0 Å². The van der Waals surface area contributed by atoms with E-state index < -0.39 is 5.97 Å². The number of aromatic carboxylic acids is 1. The van der Waals surface area contributed by atoms with Gasteiger partial charge in [0.1, 0.15) is 5.82 Å². The molecule has 0 radical (unpaired) electrons. The van der Waals surface area contributed by atoms with Gasteiger partial charge in [0.25, 0.3) is 0 Å². The first-order chi connectivity index (χ1) is 13.6. The molecule has 0 unspecified atom stereocenters. The Hall–Kier alpha value is -3.37. The molecule has 0 saturated heterocycles. The Morgan fingerprint density at radius 2 is 1.50 bits per heavy atom. The van der Waals surface area contributed by atoms with E-state index in [0.717, 1.165) is 11.1 Å². The van der Waals surface area contributed by atoms with Crippen LogP contribution in [0.2, 0.25) is 5.02 Å². The smallest absolute Gasteiger partial charge is 0.356 e. The Morgan fingerprint density at radius 1 is 0.893 bits per heavy atom. The molecular formula is C23H17ClN2O2. The van der Waals surface area contributed by atoms with Gasteiger partial charge in [0.2, 0.25) is 0 Å². The number of benzene rings is 3. The first-order valence-electron chi connectivity index (χ1n) is 8.83. The maximum absolute atomic E-state index is 12.0. The van der Waals surface area contributed by atoms with Gasteiger partial charge in [-0.3, -0.25) is 0 Å². The highest BCUT2D eigenvalue weighted by molar-refractivity contribution is 6.33. The largest absolute Gasteiger partial charge is 0.476 e. The summed E-state index contributed by atoms with van der Waals surface area (Å²) in [6.07, 6.45) is 0. The third kappa shape index (κ3) is 3.42. The summed E-state index contributed by atoms with van der Waals surface area (Å²) in [5, 5.41) is 10.3. The normalized spacial score (nSPS) is 10.8. The number of carbonyl (C=O) groups is 1. The highest BCUT2D eigenvalue weighted by Crippen LogP contribution is 2.35. The number of rotatable bonds is 5. The fourth-order valence-electron chi connectivity index (χ4n) is 3.26. The lowest BCUT2D eigenvalue weighted by Gasteiger charge is -2.14. The van der Waals surface area contributed by atoms with Gasteiger partial charge >= 0.3 is 5.97 Å². The molecule has 0 bridgehead atoms. The van der Waals surface area contributed by atoms with Crippen molar-refractivity contribution >= 4 is 17.6 Å². The van der Waals surface area contributed by atoms with E-state index in [4.69, 9.17) is 11.6 Å². The van der Waals surface area contributed by atoms with Crippen LogP contribution in [0, 0.1) is 0 Å². The Bertz CT molecular complexity index is 1120. The summed E-state index contributed by atoms with van der Waals surface area (Å²) in [6, 6.07) is 26.7. The molecule has 0 amide bonds. The highest BCUT2D eigenvalue weighted by atomic mass is 35.5. The Kier molecular flexibility index (Phi) is 4.96. The third-order valence-electron chi connectivity index (χ3n) is 4.51. The zero-order valence-corrected chi connectivity index (χ0v) is 15.7. The van der Waals surface area contributed by atoms with Gasteiger partial charge in [-0.1, -0.05) is 90.5 Å². The van der Waals surface area contributed by atoms with E-state index in [2.05, 4.69) is 4.98 Å². The number of nitrogens with zero attached hydrogens (tertiary/aromatic N) is 2. The zero-order valence-electron chi connectivity index (χ0n) is 14.9. The average Bonchev–Trinajstić information content (AvgIpc) is 3.09. The van der Waals surface area contributed by atoms with Gasteiger partial charge in [0.15, 0.2) is 5.69 Å². The number of carboxylic acid groups (broad SMARTS) is 1. The summed E-state index contributed by atoms with van der Waals surface area (Å²) in [5.41, 5.74) is 3.03. The predicted molar refractivity (Wildman–Crippen MR) is 111 cm³/mol. The first kappa shape index (κ1) is 18.0. The number of imidazole rings is 1. The number of aromatic nitrogens is 2. The molecule has 4 nitrogen and oxygen atoms in total. The minimum atomic E-state index is -1.08. The zero-order chi connectivity index (χ0) is 19.5. The number of halogens is 1. The molecule has 5 heteroatoms. The van der Waals surface area contributed by atoms with E-state index in [1.807, 2.05) is 83.4 Å². The van der Waals surface area contributed by atoms with Crippen molar-refractivity contribution in [2.24, 2.45) is 0 Å². The average molecular weight is 389 g/mol.